The van der Waals surface area contributed by atoms with E-state index in [4.69, 9.17) is 9.47 Å². The van der Waals surface area contributed by atoms with Gasteiger partial charge in [0.25, 0.3) is 0 Å². The number of aliphatic hydroxyl groups excluding tert-OH is 1. The van der Waals surface area contributed by atoms with Crippen molar-refractivity contribution in [2.75, 3.05) is 19.8 Å². The molecule has 5 rings (SSSR count). The number of ketones is 1. The molecule has 4 unspecified atom stereocenters. The first-order valence-corrected chi connectivity index (χ1v) is 12.1. The van der Waals surface area contributed by atoms with Crippen molar-refractivity contribution in [2.45, 2.75) is 63.4 Å². The lowest BCUT2D eigenvalue weighted by Crippen LogP contribution is -2.44. The second-order valence-electron chi connectivity index (χ2n) is 9.80. The maximum Gasteiger partial charge on any atom is 0.146 e. The van der Waals surface area contributed by atoms with Gasteiger partial charge in [0, 0.05) is 25.6 Å². The standard InChI is InChI=1S/C27H34O4/c28-24-10-4-2-8-21(14-18-6-5-13-30-16-18)27-25(24)26(29)22(17-31-27)15-20-7-1-3-9-23(20)19-11-12-19/h1-3,7-9,18-19,22,25-26,29H,4-6,10-17H2. The molecule has 4 nitrogen and oxygen atoms in total. The Morgan fingerprint density at radius 2 is 1.94 bits per heavy atom. The van der Waals surface area contributed by atoms with Crippen LogP contribution in [0, 0.1) is 17.8 Å². The Labute approximate surface area is 185 Å². The summed E-state index contributed by atoms with van der Waals surface area (Å²) in [6, 6.07) is 8.60. The number of carbonyl (C=O) groups excluding carboxylic acids is 1. The maximum atomic E-state index is 13.1. The van der Waals surface area contributed by atoms with Gasteiger partial charge < -0.3 is 14.6 Å². The van der Waals surface area contributed by atoms with Crippen molar-refractivity contribution in [3.8, 4) is 0 Å². The molecule has 0 amide bonds. The molecule has 1 saturated carbocycles. The molecular weight excluding hydrogens is 388 g/mol. The summed E-state index contributed by atoms with van der Waals surface area (Å²) < 4.78 is 12.0. The zero-order chi connectivity index (χ0) is 21.2. The van der Waals surface area contributed by atoms with E-state index in [1.807, 2.05) is 0 Å². The number of allylic oxidation sites excluding steroid dienone is 3. The van der Waals surface area contributed by atoms with Crippen LogP contribution in [0.1, 0.15) is 62.0 Å². The van der Waals surface area contributed by atoms with Crippen LogP contribution in [0.2, 0.25) is 0 Å². The average molecular weight is 423 g/mol. The minimum atomic E-state index is -0.687. The first-order valence-electron chi connectivity index (χ1n) is 12.1. The molecule has 2 saturated heterocycles. The molecule has 2 aliphatic heterocycles. The van der Waals surface area contributed by atoms with Gasteiger partial charge in [-0.25, -0.2) is 0 Å². The number of fused-ring (bicyclic) bond motifs is 1. The molecule has 2 heterocycles. The third kappa shape index (κ3) is 4.65. The van der Waals surface area contributed by atoms with Crippen LogP contribution < -0.4 is 0 Å². The summed E-state index contributed by atoms with van der Waals surface area (Å²) >= 11 is 0. The zero-order valence-electron chi connectivity index (χ0n) is 18.3. The van der Waals surface area contributed by atoms with Gasteiger partial charge in [-0.05, 0) is 73.5 Å². The van der Waals surface area contributed by atoms with Crippen LogP contribution in [0.15, 0.2) is 47.7 Å². The Kier molecular flexibility index (Phi) is 6.29. The minimum absolute atomic E-state index is 0.0553. The van der Waals surface area contributed by atoms with Crippen LogP contribution in [-0.2, 0) is 20.7 Å². The number of aliphatic hydroxyl groups is 1. The number of hydrogen-bond acceptors (Lipinski definition) is 4. The molecule has 0 spiro atoms. The third-order valence-electron chi connectivity index (χ3n) is 7.42. The average Bonchev–Trinajstić information content (AvgIpc) is 3.62. The van der Waals surface area contributed by atoms with Crippen molar-refractivity contribution in [1.29, 1.82) is 0 Å². The van der Waals surface area contributed by atoms with Gasteiger partial charge in [-0.1, -0.05) is 36.4 Å². The van der Waals surface area contributed by atoms with E-state index in [1.54, 1.807) is 0 Å². The molecule has 1 aromatic carbocycles. The van der Waals surface area contributed by atoms with E-state index in [9.17, 15) is 9.90 Å². The first-order chi connectivity index (χ1) is 15.2. The van der Waals surface area contributed by atoms with Crippen LogP contribution in [0.4, 0.5) is 0 Å². The second-order valence-corrected chi connectivity index (χ2v) is 9.80. The largest absolute Gasteiger partial charge is 0.496 e. The highest BCUT2D eigenvalue weighted by Gasteiger charge is 2.42. The zero-order valence-corrected chi connectivity index (χ0v) is 18.3. The lowest BCUT2D eigenvalue weighted by atomic mass is 9.77. The Morgan fingerprint density at radius 3 is 2.74 bits per heavy atom. The molecule has 4 aliphatic rings. The van der Waals surface area contributed by atoms with Crippen molar-refractivity contribution in [3.63, 3.8) is 0 Å². The van der Waals surface area contributed by atoms with Crippen LogP contribution in [0.3, 0.4) is 0 Å². The maximum absolute atomic E-state index is 13.1. The molecule has 1 aromatic rings. The highest BCUT2D eigenvalue weighted by atomic mass is 16.5. The van der Waals surface area contributed by atoms with Gasteiger partial charge in [0.15, 0.2) is 0 Å². The summed E-state index contributed by atoms with van der Waals surface area (Å²) in [5, 5.41) is 11.4. The Morgan fingerprint density at radius 1 is 1.06 bits per heavy atom. The van der Waals surface area contributed by atoms with Gasteiger partial charge in [0.05, 0.1) is 12.7 Å². The molecule has 4 heteroatoms. The first kappa shape index (κ1) is 21.0. The van der Waals surface area contributed by atoms with Crippen LogP contribution in [0.5, 0.6) is 0 Å². The van der Waals surface area contributed by atoms with Crippen molar-refractivity contribution in [3.05, 3.63) is 58.9 Å². The fourth-order valence-corrected chi connectivity index (χ4v) is 5.55. The van der Waals surface area contributed by atoms with Crippen LogP contribution in [-0.4, -0.2) is 36.8 Å². The van der Waals surface area contributed by atoms with E-state index in [-0.39, 0.29) is 11.7 Å². The molecule has 2 aliphatic carbocycles. The Hall–Kier alpha value is -1.91. The Bertz CT molecular complexity index is 860. The topological polar surface area (TPSA) is 55.8 Å². The van der Waals surface area contributed by atoms with Crippen molar-refractivity contribution in [2.24, 2.45) is 17.8 Å². The predicted octanol–water partition coefficient (Wildman–Crippen LogP) is 4.72. The van der Waals surface area contributed by atoms with Gasteiger partial charge in [0.2, 0.25) is 0 Å². The predicted molar refractivity (Wildman–Crippen MR) is 120 cm³/mol. The smallest absolute Gasteiger partial charge is 0.146 e. The van der Waals surface area contributed by atoms with E-state index >= 15 is 0 Å². The van der Waals surface area contributed by atoms with E-state index in [2.05, 4.69) is 36.4 Å². The molecular formula is C27H34O4. The number of benzene rings is 1. The van der Waals surface area contributed by atoms with E-state index < -0.39 is 12.0 Å². The Balaban J connectivity index is 1.39. The molecule has 1 N–H and O–H groups in total. The van der Waals surface area contributed by atoms with Crippen molar-refractivity contribution >= 4 is 5.78 Å². The fraction of sp³-hybridized carbons (Fsp3) is 0.593. The second kappa shape index (κ2) is 9.30. The van der Waals surface area contributed by atoms with E-state index in [0.717, 1.165) is 56.7 Å². The summed E-state index contributed by atoms with van der Waals surface area (Å²) in [6.07, 6.45) is 11.1. The lowest BCUT2D eigenvalue weighted by Gasteiger charge is -2.38. The van der Waals surface area contributed by atoms with Crippen LogP contribution >= 0.6 is 0 Å². The van der Waals surface area contributed by atoms with Gasteiger partial charge in [-0.3, -0.25) is 4.79 Å². The van der Waals surface area contributed by atoms with Gasteiger partial charge in [0.1, 0.15) is 17.5 Å². The number of ether oxygens (including phenoxy) is 2. The number of carbonyl (C=O) groups is 1. The van der Waals surface area contributed by atoms with Crippen molar-refractivity contribution in [1.82, 2.24) is 0 Å². The van der Waals surface area contributed by atoms with Gasteiger partial charge in [-0.15, -0.1) is 0 Å². The normalized spacial score (nSPS) is 31.6. The quantitative estimate of drug-likeness (QED) is 0.746. The highest BCUT2D eigenvalue weighted by molar-refractivity contribution is 5.85. The highest BCUT2D eigenvalue weighted by Crippen LogP contribution is 2.43. The van der Waals surface area contributed by atoms with E-state index in [1.165, 1.54) is 24.0 Å². The molecule has 31 heavy (non-hydrogen) atoms. The third-order valence-corrected chi connectivity index (χ3v) is 7.42. The number of Topliss-reactive ketones (excluding diaryl/α,β-unsaturated/α-hetero) is 1. The SMILES string of the molecule is O=C1CCC=CC(CC2CCCOC2)=C2OCC(Cc3ccccc3C3CC3)C(O)C12. The lowest BCUT2D eigenvalue weighted by molar-refractivity contribution is -0.132. The molecule has 0 bridgehead atoms. The number of hydrogen-bond donors (Lipinski definition) is 1. The summed E-state index contributed by atoms with van der Waals surface area (Å²) in [6.45, 7) is 2.09. The summed E-state index contributed by atoms with van der Waals surface area (Å²) in [5.74, 6) is 1.39. The molecule has 3 fully saturated rings. The van der Waals surface area contributed by atoms with Gasteiger partial charge in [-0.2, -0.15) is 0 Å². The van der Waals surface area contributed by atoms with E-state index in [0.29, 0.717) is 24.9 Å². The van der Waals surface area contributed by atoms with Crippen LogP contribution in [0.25, 0.3) is 0 Å². The summed E-state index contributed by atoms with van der Waals surface area (Å²) in [4.78, 5) is 13.1. The fourth-order valence-electron chi connectivity index (χ4n) is 5.55. The monoisotopic (exact) mass is 422 g/mol. The summed E-state index contributed by atoms with van der Waals surface area (Å²) in [5.41, 5.74) is 3.81. The molecule has 0 aromatic heterocycles. The van der Waals surface area contributed by atoms with Crippen molar-refractivity contribution < 1.29 is 19.4 Å². The molecule has 0 radical (unpaired) electrons. The molecule has 166 valence electrons. The van der Waals surface area contributed by atoms with Gasteiger partial charge >= 0.3 is 0 Å². The summed E-state index contributed by atoms with van der Waals surface area (Å²) in [7, 11) is 0. The number of rotatable bonds is 5. The minimum Gasteiger partial charge on any atom is -0.496 e. The molecule has 4 atom stereocenters.